The normalized spacial score (nSPS) is 13.2. The lowest BCUT2D eigenvalue weighted by molar-refractivity contribution is 0.0902. The molecule has 0 radical (unpaired) electrons. The molecule has 0 fully saturated rings. The van der Waals surface area contributed by atoms with Gasteiger partial charge in [0.05, 0.1) is 18.4 Å². The van der Waals surface area contributed by atoms with Crippen molar-refractivity contribution in [1.82, 2.24) is 4.98 Å². The average Bonchev–Trinajstić information content (AvgIpc) is 2.66. The number of ketones is 3. The second-order valence-corrected chi connectivity index (χ2v) is 5.46. The van der Waals surface area contributed by atoms with E-state index in [0.717, 1.165) is 0 Å². The van der Waals surface area contributed by atoms with E-state index in [4.69, 9.17) is 10.3 Å². The number of rotatable bonds is 4. The number of aromatic nitrogens is 1. The van der Waals surface area contributed by atoms with Crippen molar-refractivity contribution in [2.75, 3.05) is 7.11 Å². The molecule has 1 aromatic carbocycles. The number of methoxy groups -OCH3 is 1. The highest BCUT2D eigenvalue weighted by Gasteiger charge is 2.34. The van der Waals surface area contributed by atoms with Gasteiger partial charge in [0.2, 0.25) is 11.6 Å². The molecule has 128 valence electrons. The molecule has 3 rings (SSSR count). The average molecular weight is 348 g/mol. The van der Waals surface area contributed by atoms with Gasteiger partial charge in [-0.25, -0.2) is 4.98 Å². The summed E-state index contributed by atoms with van der Waals surface area (Å²) in [4.78, 5) is 43.5. The van der Waals surface area contributed by atoms with Gasteiger partial charge in [-0.2, -0.15) is 0 Å². The summed E-state index contributed by atoms with van der Waals surface area (Å²) in [5.74, 6) is -1.69. The van der Waals surface area contributed by atoms with E-state index in [1.165, 1.54) is 20.1 Å². The summed E-state index contributed by atoms with van der Waals surface area (Å²) >= 11 is 0. The number of azide groups is 1. The maximum atomic E-state index is 12.6. The van der Waals surface area contributed by atoms with Crippen LogP contribution < -0.4 is 0 Å². The Kier molecular flexibility index (Phi) is 4.34. The van der Waals surface area contributed by atoms with Gasteiger partial charge in [0.1, 0.15) is 11.4 Å². The number of benzene rings is 1. The highest BCUT2D eigenvalue weighted by atomic mass is 16.5. The minimum Gasteiger partial charge on any atom is -0.492 e. The number of hydrogen-bond donors (Lipinski definition) is 0. The van der Waals surface area contributed by atoms with Gasteiger partial charge in [-0.1, -0.05) is 23.3 Å². The number of hydrogen-bond acceptors (Lipinski definition) is 6. The van der Waals surface area contributed by atoms with Crippen LogP contribution in [0.3, 0.4) is 0 Å². The molecule has 0 bridgehead atoms. The summed E-state index contributed by atoms with van der Waals surface area (Å²) in [5, 5.41) is 3.29. The number of allylic oxidation sites excluding steroid dienone is 2. The predicted molar refractivity (Wildman–Crippen MR) is 91.5 cm³/mol. The molecule has 1 aliphatic carbocycles. The third-order valence-electron chi connectivity index (χ3n) is 3.91. The van der Waals surface area contributed by atoms with Gasteiger partial charge in [-0.15, -0.1) is 0 Å². The van der Waals surface area contributed by atoms with Crippen molar-refractivity contribution in [3.8, 4) is 11.3 Å². The number of carbonyl (C=O) groups is 3. The molecule has 0 spiro atoms. The molecule has 0 aliphatic heterocycles. The zero-order chi connectivity index (χ0) is 18.8. The van der Waals surface area contributed by atoms with Gasteiger partial charge in [-0.3, -0.25) is 14.4 Å². The standard InChI is InChI=1S/C18H12N4O4/c1-9(23)10-4-3-5-11(8-10)13-7-6-12-14(20-13)17(25)15(21-22-19)18(26-2)16(12)24/h3-8H,1-2H3. The molecular weight excluding hydrogens is 336 g/mol. The van der Waals surface area contributed by atoms with Crippen molar-refractivity contribution in [1.29, 1.82) is 0 Å². The van der Waals surface area contributed by atoms with Crippen LogP contribution in [0.5, 0.6) is 0 Å². The van der Waals surface area contributed by atoms with Crippen LogP contribution >= 0.6 is 0 Å². The van der Waals surface area contributed by atoms with Gasteiger partial charge >= 0.3 is 0 Å². The Morgan fingerprint density at radius 1 is 1.19 bits per heavy atom. The fraction of sp³-hybridized carbons (Fsp3) is 0.111. The quantitative estimate of drug-likeness (QED) is 0.362. The van der Waals surface area contributed by atoms with Crippen LogP contribution in [0, 0.1) is 0 Å². The van der Waals surface area contributed by atoms with Crippen molar-refractivity contribution in [3.63, 3.8) is 0 Å². The fourth-order valence-electron chi connectivity index (χ4n) is 2.64. The molecule has 0 saturated heterocycles. The second kappa shape index (κ2) is 6.62. The second-order valence-electron chi connectivity index (χ2n) is 5.46. The molecule has 8 heteroatoms. The summed E-state index contributed by atoms with van der Waals surface area (Å²) < 4.78 is 4.93. The molecule has 2 aromatic rings. The van der Waals surface area contributed by atoms with Crippen LogP contribution in [-0.2, 0) is 4.74 Å². The van der Waals surface area contributed by atoms with E-state index in [-0.39, 0.29) is 22.8 Å². The van der Waals surface area contributed by atoms with Crippen LogP contribution in [0.2, 0.25) is 0 Å². The lowest BCUT2D eigenvalue weighted by Gasteiger charge is -2.17. The Morgan fingerprint density at radius 3 is 2.62 bits per heavy atom. The number of nitrogens with zero attached hydrogens (tertiary/aromatic N) is 4. The Balaban J connectivity index is 2.16. The Hall–Kier alpha value is -3.77. The SMILES string of the molecule is COC1=C(N=[N+]=[N-])C(=O)c2nc(-c3cccc(C(C)=O)c3)ccc2C1=O. The Bertz CT molecular complexity index is 1050. The molecule has 8 nitrogen and oxygen atoms in total. The number of ether oxygens (including phenoxy) is 1. The number of carbonyl (C=O) groups excluding carboxylic acids is 3. The lowest BCUT2D eigenvalue weighted by atomic mass is 9.94. The summed E-state index contributed by atoms with van der Waals surface area (Å²) in [6.45, 7) is 1.45. The van der Waals surface area contributed by atoms with Crippen LogP contribution in [0.1, 0.15) is 38.1 Å². The molecule has 0 atom stereocenters. The molecule has 0 unspecified atom stereocenters. The highest BCUT2D eigenvalue weighted by molar-refractivity contribution is 6.25. The van der Waals surface area contributed by atoms with Gasteiger partial charge in [0.15, 0.2) is 11.5 Å². The molecule has 1 aliphatic rings. The van der Waals surface area contributed by atoms with Crippen molar-refractivity contribution < 1.29 is 19.1 Å². The van der Waals surface area contributed by atoms with E-state index in [9.17, 15) is 14.4 Å². The third kappa shape index (κ3) is 2.74. The molecule has 0 N–H and O–H groups in total. The van der Waals surface area contributed by atoms with Gasteiger partial charge in [0, 0.05) is 16.0 Å². The first kappa shape index (κ1) is 17.1. The van der Waals surface area contributed by atoms with Crippen molar-refractivity contribution >= 4 is 17.3 Å². The number of pyridine rings is 1. The minimum atomic E-state index is -0.696. The maximum absolute atomic E-state index is 12.6. The summed E-state index contributed by atoms with van der Waals surface area (Å²) in [6.07, 6.45) is 0. The first-order valence-electron chi connectivity index (χ1n) is 7.53. The van der Waals surface area contributed by atoms with Gasteiger partial charge in [-0.05, 0) is 30.7 Å². The van der Waals surface area contributed by atoms with Crippen molar-refractivity contribution in [2.24, 2.45) is 5.11 Å². The summed E-state index contributed by atoms with van der Waals surface area (Å²) in [7, 11) is 1.22. The van der Waals surface area contributed by atoms with Crippen molar-refractivity contribution in [3.05, 3.63) is 75.1 Å². The van der Waals surface area contributed by atoms with Crippen LogP contribution in [-0.4, -0.2) is 29.4 Å². The lowest BCUT2D eigenvalue weighted by Crippen LogP contribution is -2.23. The number of Topliss-reactive ketones (excluding diaryl/α,β-unsaturated/α-hetero) is 3. The monoisotopic (exact) mass is 348 g/mol. The zero-order valence-electron chi connectivity index (χ0n) is 13.9. The van der Waals surface area contributed by atoms with E-state index < -0.39 is 17.3 Å². The smallest absolute Gasteiger partial charge is 0.230 e. The molecule has 0 amide bonds. The zero-order valence-corrected chi connectivity index (χ0v) is 13.9. The van der Waals surface area contributed by atoms with Crippen LogP contribution in [0.4, 0.5) is 0 Å². The molecule has 26 heavy (non-hydrogen) atoms. The van der Waals surface area contributed by atoms with Crippen LogP contribution in [0.25, 0.3) is 21.7 Å². The van der Waals surface area contributed by atoms with Crippen LogP contribution in [0.15, 0.2) is 53.0 Å². The van der Waals surface area contributed by atoms with E-state index in [1.807, 2.05) is 0 Å². The number of fused-ring (bicyclic) bond motifs is 1. The minimum absolute atomic E-state index is 0.0650. The predicted octanol–water partition coefficient (Wildman–Crippen LogP) is 3.50. The fourth-order valence-corrected chi connectivity index (χ4v) is 2.64. The maximum Gasteiger partial charge on any atom is 0.230 e. The van der Waals surface area contributed by atoms with E-state index in [2.05, 4.69) is 15.0 Å². The molecule has 1 aromatic heterocycles. The van der Waals surface area contributed by atoms with E-state index in [1.54, 1.807) is 30.3 Å². The van der Waals surface area contributed by atoms with Gasteiger partial charge in [0.25, 0.3) is 0 Å². The summed E-state index contributed by atoms with van der Waals surface area (Å²) in [5.41, 5.74) is 9.70. The van der Waals surface area contributed by atoms with Gasteiger partial charge < -0.3 is 4.74 Å². The first-order valence-corrected chi connectivity index (χ1v) is 7.53. The summed E-state index contributed by atoms with van der Waals surface area (Å²) in [6, 6.07) is 9.80. The topological polar surface area (TPSA) is 122 Å². The largest absolute Gasteiger partial charge is 0.492 e. The Morgan fingerprint density at radius 2 is 1.96 bits per heavy atom. The van der Waals surface area contributed by atoms with E-state index >= 15 is 0 Å². The molecular formula is C18H12N4O4. The highest BCUT2D eigenvalue weighted by Crippen LogP contribution is 2.29. The third-order valence-corrected chi connectivity index (χ3v) is 3.91. The Labute approximate surface area is 147 Å². The molecule has 1 heterocycles. The first-order chi connectivity index (χ1) is 12.5. The van der Waals surface area contributed by atoms with E-state index in [0.29, 0.717) is 16.8 Å². The molecule has 0 saturated carbocycles. The van der Waals surface area contributed by atoms with Crippen molar-refractivity contribution in [2.45, 2.75) is 6.92 Å².